The maximum atomic E-state index is 12.2. The molecule has 92 valence electrons. The molecule has 0 saturated heterocycles. The van der Waals surface area contributed by atoms with Gasteiger partial charge in [0.05, 0.1) is 10.8 Å². The van der Waals surface area contributed by atoms with Crippen LogP contribution in [0.5, 0.6) is 0 Å². The molecule has 0 aliphatic heterocycles. The highest BCUT2D eigenvalue weighted by Gasteiger charge is 2.30. The normalized spacial score (nSPS) is 16.5. The molecule has 5 heteroatoms. The molecule has 0 heterocycles. The lowest BCUT2D eigenvalue weighted by Gasteiger charge is -2.14. The number of nitrogen functional groups attached to an aromatic ring is 1. The van der Waals surface area contributed by atoms with Gasteiger partial charge in [-0.1, -0.05) is 0 Å². The van der Waals surface area contributed by atoms with Crippen molar-refractivity contribution >= 4 is 22.9 Å². The standard InChI is InChI=1S/C12H16N2O2S/c1-14(8-15)7-9-6-10(13)2-5-12(9)17(16)11-3-4-11/h2,5-6,8,11H,3-4,7,13H2,1H3. The van der Waals surface area contributed by atoms with Gasteiger partial charge >= 0.3 is 0 Å². The number of hydrogen-bond acceptors (Lipinski definition) is 3. The minimum absolute atomic E-state index is 0.291. The third-order valence-corrected chi connectivity index (χ3v) is 4.64. The molecule has 1 fully saturated rings. The predicted octanol–water partition coefficient (Wildman–Crippen LogP) is 1.13. The summed E-state index contributed by atoms with van der Waals surface area (Å²) in [4.78, 5) is 13.0. The van der Waals surface area contributed by atoms with E-state index in [0.717, 1.165) is 29.7 Å². The molecule has 17 heavy (non-hydrogen) atoms. The van der Waals surface area contributed by atoms with Crippen molar-refractivity contribution in [1.29, 1.82) is 0 Å². The first-order valence-electron chi connectivity index (χ1n) is 5.56. The Balaban J connectivity index is 2.29. The summed E-state index contributed by atoms with van der Waals surface area (Å²) >= 11 is 0. The van der Waals surface area contributed by atoms with Gasteiger partial charge < -0.3 is 10.6 Å². The van der Waals surface area contributed by atoms with Crippen LogP contribution in [0.3, 0.4) is 0 Å². The Hall–Kier alpha value is -1.36. The van der Waals surface area contributed by atoms with E-state index in [4.69, 9.17) is 5.73 Å². The molecule has 0 spiro atoms. The maximum absolute atomic E-state index is 12.2. The summed E-state index contributed by atoms with van der Waals surface area (Å²) in [5.41, 5.74) is 7.25. The zero-order valence-corrected chi connectivity index (χ0v) is 10.6. The van der Waals surface area contributed by atoms with Crippen molar-refractivity contribution in [3.05, 3.63) is 23.8 Å². The second-order valence-corrected chi connectivity index (χ2v) is 6.09. The molecule has 2 rings (SSSR count). The first-order chi connectivity index (χ1) is 8.11. The van der Waals surface area contributed by atoms with Gasteiger partial charge in [0, 0.05) is 29.4 Å². The van der Waals surface area contributed by atoms with Crippen molar-refractivity contribution in [2.75, 3.05) is 12.8 Å². The van der Waals surface area contributed by atoms with E-state index in [-0.39, 0.29) is 0 Å². The highest BCUT2D eigenvalue weighted by Crippen LogP contribution is 2.32. The predicted molar refractivity (Wildman–Crippen MR) is 67.8 cm³/mol. The molecule has 1 aliphatic rings. The summed E-state index contributed by atoms with van der Waals surface area (Å²) in [7, 11) is 0.734. The number of hydrogen-bond donors (Lipinski definition) is 1. The van der Waals surface area contributed by atoms with Crippen molar-refractivity contribution in [3.8, 4) is 0 Å². The van der Waals surface area contributed by atoms with Crippen LogP contribution in [0.15, 0.2) is 23.1 Å². The highest BCUT2D eigenvalue weighted by atomic mass is 32.2. The van der Waals surface area contributed by atoms with Crippen LogP contribution in [0.25, 0.3) is 0 Å². The summed E-state index contributed by atoms with van der Waals surface area (Å²) in [5.74, 6) is 0. The van der Waals surface area contributed by atoms with E-state index in [1.54, 1.807) is 19.2 Å². The summed E-state index contributed by atoms with van der Waals surface area (Å²) in [5, 5.41) is 0.291. The van der Waals surface area contributed by atoms with E-state index in [2.05, 4.69) is 0 Å². The van der Waals surface area contributed by atoms with Gasteiger partial charge in [0.2, 0.25) is 6.41 Å². The largest absolute Gasteiger partial charge is 0.399 e. The van der Waals surface area contributed by atoms with Gasteiger partial charge in [0.1, 0.15) is 0 Å². The summed E-state index contributed by atoms with van der Waals surface area (Å²) in [6.45, 7) is 0.447. The van der Waals surface area contributed by atoms with E-state index < -0.39 is 10.8 Å². The van der Waals surface area contributed by atoms with E-state index in [1.165, 1.54) is 4.90 Å². The summed E-state index contributed by atoms with van der Waals surface area (Å²) < 4.78 is 12.2. The molecule has 1 unspecified atom stereocenters. The number of benzene rings is 1. The van der Waals surface area contributed by atoms with Crippen molar-refractivity contribution in [3.63, 3.8) is 0 Å². The molecular formula is C12H16N2O2S. The van der Waals surface area contributed by atoms with Gasteiger partial charge in [-0.05, 0) is 36.6 Å². The average molecular weight is 252 g/mol. The Morgan fingerprint density at radius 2 is 2.24 bits per heavy atom. The molecular weight excluding hydrogens is 236 g/mol. The third kappa shape index (κ3) is 2.85. The van der Waals surface area contributed by atoms with Gasteiger partial charge in [-0.2, -0.15) is 0 Å². The minimum atomic E-state index is -0.960. The van der Waals surface area contributed by atoms with Crippen LogP contribution in [0.4, 0.5) is 5.69 Å². The second kappa shape index (κ2) is 4.87. The van der Waals surface area contributed by atoms with Crippen molar-refractivity contribution < 1.29 is 9.00 Å². The van der Waals surface area contributed by atoms with Gasteiger partial charge in [0.15, 0.2) is 0 Å². The summed E-state index contributed by atoms with van der Waals surface area (Å²) in [6, 6.07) is 5.38. The highest BCUT2D eigenvalue weighted by molar-refractivity contribution is 7.86. The van der Waals surface area contributed by atoms with Crippen LogP contribution >= 0.6 is 0 Å². The molecule has 1 aliphatic carbocycles. The van der Waals surface area contributed by atoms with Gasteiger partial charge in [-0.25, -0.2) is 0 Å². The first-order valence-corrected chi connectivity index (χ1v) is 6.77. The van der Waals surface area contributed by atoms with Crippen LogP contribution in [-0.4, -0.2) is 27.8 Å². The maximum Gasteiger partial charge on any atom is 0.209 e. The molecule has 0 radical (unpaired) electrons. The SMILES string of the molecule is CN(C=O)Cc1cc(N)ccc1S(=O)C1CC1. The molecule has 1 aromatic carbocycles. The number of amides is 1. The quantitative estimate of drug-likeness (QED) is 0.631. The fourth-order valence-corrected chi connectivity index (χ4v) is 3.19. The van der Waals surface area contributed by atoms with Crippen LogP contribution in [0.2, 0.25) is 0 Å². The monoisotopic (exact) mass is 252 g/mol. The van der Waals surface area contributed by atoms with Gasteiger partial charge in [-0.3, -0.25) is 9.00 Å². The number of carbonyl (C=O) groups is 1. The molecule has 1 atom stereocenters. The summed E-state index contributed by atoms with van der Waals surface area (Å²) in [6.07, 6.45) is 2.81. The van der Waals surface area contributed by atoms with Crippen LogP contribution in [0.1, 0.15) is 18.4 Å². The van der Waals surface area contributed by atoms with Crippen LogP contribution in [-0.2, 0) is 22.1 Å². The second-order valence-electron chi connectivity index (χ2n) is 4.38. The van der Waals surface area contributed by atoms with Crippen molar-refractivity contribution in [2.45, 2.75) is 29.5 Å². The Morgan fingerprint density at radius 3 is 2.82 bits per heavy atom. The topological polar surface area (TPSA) is 63.4 Å². The number of rotatable bonds is 5. The zero-order chi connectivity index (χ0) is 12.4. The Morgan fingerprint density at radius 1 is 1.53 bits per heavy atom. The number of nitrogens with zero attached hydrogens (tertiary/aromatic N) is 1. The third-order valence-electron chi connectivity index (χ3n) is 2.73. The fraction of sp³-hybridized carbons (Fsp3) is 0.417. The lowest BCUT2D eigenvalue weighted by molar-refractivity contribution is -0.117. The van der Waals surface area contributed by atoms with E-state index in [1.807, 2.05) is 6.07 Å². The molecule has 1 amide bonds. The van der Waals surface area contributed by atoms with Crippen LogP contribution in [0, 0.1) is 0 Å². The van der Waals surface area contributed by atoms with Crippen molar-refractivity contribution in [2.24, 2.45) is 0 Å². The first kappa shape index (κ1) is 12.1. The number of anilines is 1. The van der Waals surface area contributed by atoms with E-state index in [9.17, 15) is 9.00 Å². The average Bonchev–Trinajstić information content (AvgIpc) is 3.12. The molecule has 4 nitrogen and oxygen atoms in total. The minimum Gasteiger partial charge on any atom is -0.399 e. The van der Waals surface area contributed by atoms with Gasteiger partial charge in [0.25, 0.3) is 0 Å². The Labute approximate surface area is 103 Å². The Kier molecular flexibility index (Phi) is 3.47. The fourth-order valence-electron chi connectivity index (χ4n) is 1.69. The lowest BCUT2D eigenvalue weighted by atomic mass is 10.2. The molecule has 1 saturated carbocycles. The molecule has 1 aromatic rings. The zero-order valence-electron chi connectivity index (χ0n) is 9.76. The number of carbonyl (C=O) groups excluding carboxylic acids is 1. The van der Waals surface area contributed by atoms with E-state index in [0.29, 0.717) is 17.5 Å². The number of nitrogens with two attached hydrogens (primary N) is 1. The van der Waals surface area contributed by atoms with Gasteiger partial charge in [-0.15, -0.1) is 0 Å². The molecule has 0 aromatic heterocycles. The smallest absolute Gasteiger partial charge is 0.209 e. The van der Waals surface area contributed by atoms with E-state index >= 15 is 0 Å². The molecule has 0 bridgehead atoms. The Bertz CT molecular complexity index is 458. The van der Waals surface area contributed by atoms with Crippen LogP contribution < -0.4 is 5.73 Å². The van der Waals surface area contributed by atoms with Crippen molar-refractivity contribution in [1.82, 2.24) is 4.90 Å². The molecule has 2 N–H and O–H groups in total. The lowest BCUT2D eigenvalue weighted by Crippen LogP contribution is -2.17.